The van der Waals surface area contributed by atoms with E-state index in [1.165, 1.54) is 11.5 Å². The molecule has 0 aliphatic carbocycles. The summed E-state index contributed by atoms with van der Waals surface area (Å²) in [6.45, 7) is 1.85. The number of benzene rings is 2. The smallest absolute Gasteiger partial charge is 0.339 e. The number of nitrogens with zero attached hydrogens (tertiary/aromatic N) is 1. The van der Waals surface area contributed by atoms with Gasteiger partial charge in [0.05, 0.1) is 10.9 Å². The van der Waals surface area contributed by atoms with E-state index in [9.17, 15) is 9.90 Å². The summed E-state index contributed by atoms with van der Waals surface area (Å²) >= 11 is 1.22. The van der Waals surface area contributed by atoms with Gasteiger partial charge in [-0.2, -0.15) is 4.37 Å². The van der Waals surface area contributed by atoms with E-state index in [-0.39, 0.29) is 5.56 Å². The molecule has 2 aromatic carbocycles. The Kier molecular flexibility index (Phi) is 3.12. The predicted molar refractivity (Wildman–Crippen MR) is 77.8 cm³/mol. The first kappa shape index (κ1) is 12.6. The van der Waals surface area contributed by atoms with Crippen LogP contribution in [-0.2, 0) is 0 Å². The summed E-state index contributed by atoms with van der Waals surface area (Å²) < 4.78 is 10.0. The molecule has 20 heavy (non-hydrogen) atoms. The standard InChI is InChI=1S/C15H11NO3S/c1-9-6-7-13(11(8-9)14(17)18)19-15-10-4-2-3-5-12(10)16-20-15/h2-8H,1H3,(H,17,18). The molecule has 0 spiro atoms. The molecule has 3 rings (SSSR count). The monoisotopic (exact) mass is 285 g/mol. The number of hydrogen-bond acceptors (Lipinski definition) is 4. The molecule has 3 aromatic rings. The second-order valence-corrected chi connectivity index (χ2v) is 5.13. The Morgan fingerprint density at radius 1 is 1.25 bits per heavy atom. The van der Waals surface area contributed by atoms with Gasteiger partial charge in [0.25, 0.3) is 0 Å². The number of carbonyl (C=O) groups is 1. The molecule has 0 aliphatic rings. The van der Waals surface area contributed by atoms with Crippen molar-refractivity contribution in [2.75, 3.05) is 0 Å². The van der Waals surface area contributed by atoms with Gasteiger partial charge in [-0.05, 0) is 31.2 Å². The van der Waals surface area contributed by atoms with Crippen molar-refractivity contribution in [3.05, 3.63) is 53.6 Å². The van der Waals surface area contributed by atoms with Gasteiger partial charge in [-0.15, -0.1) is 0 Å². The fourth-order valence-corrected chi connectivity index (χ4v) is 2.68. The van der Waals surface area contributed by atoms with Crippen LogP contribution in [0.1, 0.15) is 15.9 Å². The highest BCUT2D eigenvalue weighted by Crippen LogP contribution is 2.35. The average Bonchev–Trinajstić information content (AvgIpc) is 2.84. The summed E-state index contributed by atoms with van der Waals surface area (Å²) in [5, 5.41) is 10.7. The van der Waals surface area contributed by atoms with Gasteiger partial charge in [0, 0.05) is 11.5 Å². The van der Waals surface area contributed by atoms with E-state index in [1.54, 1.807) is 12.1 Å². The Labute approximate surface area is 119 Å². The number of rotatable bonds is 3. The van der Waals surface area contributed by atoms with Crippen molar-refractivity contribution < 1.29 is 14.6 Å². The van der Waals surface area contributed by atoms with Crippen molar-refractivity contribution in [1.82, 2.24) is 4.37 Å². The van der Waals surface area contributed by atoms with E-state index in [1.807, 2.05) is 37.3 Å². The van der Waals surface area contributed by atoms with Crippen LogP contribution < -0.4 is 4.74 Å². The van der Waals surface area contributed by atoms with Gasteiger partial charge in [0.2, 0.25) is 5.06 Å². The lowest BCUT2D eigenvalue weighted by molar-refractivity contribution is 0.0694. The molecule has 0 amide bonds. The van der Waals surface area contributed by atoms with Gasteiger partial charge in [-0.1, -0.05) is 23.8 Å². The van der Waals surface area contributed by atoms with Crippen molar-refractivity contribution in [3.8, 4) is 10.8 Å². The first-order valence-electron chi connectivity index (χ1n) is 6.01. The summed E-state index contributed by atoms with van der Waals surface area (Å²) in [6.07, 6.45) is 0. The SMILES string of the molecule is Cc1ccc(Oc2snc3ccccc23)c(C(=O)O)c1. The van der Waals surface area contributed by atoms with Gasteiger partial charge in [-0.3, -0.25) is 0 Å². The maximum Gasteiger partial charge on any atom is 0.339 e. The van der Waals surface area contributed by atoms with Gasteiger partial charge in [0.1, 0.15) is 11.3 Å². The van der Waals surface area contributed by atoms with E-state index < -0.39 is 5.97 Å². The lowest BCUT2D eigenvalue weighted by atomic mass is 10.1. The number of ether oxygens (including phenoxy) is 1. The molecule has 4 nitrogen and oxygen atoms in total. The Bertz CT molecular complexity index is 795. The van der Waals surface area contributed by atoms with Crippen LogP contribution in [0.2, 0.25) is 0 Å². The van der Waals surface area contributed by atoms with Crippen LogP contribution >= 0.6 is 11.5 Å². The fourth-order valence-electron chi connectivity index (χ4n) is 1.94. The molecule has 0 atom stereocenters. The van der Waals surface area contributed by atoms with Crippen molar-refractivity contribution in [2.24, 2.45) is 0 Å². The highest BCUT2D eigenvalue weighted by atomic mass is 32.1. The molecule has 1 heterocycles. The lowest BCUT2D eigenvalue weighted by Crippen LogP contribution is -2.00. The third-order valence-corrected chi connectivity index (χ3v) is 3.68. The van der Waals surface area contributed by atoms with Gasteiger partial charge < -0.3 is 9.84 Å². The van der Waals surface area contributed by atoms with Gasteiger partial charge in [0.15, 0.2) is 0 Å². The first-order valence-corrected chi connectivity index (χ1v) is 6.79. The van der Waals surface area contributed by atoms with Crippen LogP contribution in [-0.4, -0.2) is 15.4 Å². The number of fused-ring (bicyclic) bond motifs is 1. The lowest BCUT2D eigenvalue weighted by Gasteiger charge is -2.07. The molecule has 0 fully saturated rings. The zero-order chi connectivity index (χ0) is 14.1. The Hall–Kier alpha value is -2.40. The summed E-state index contributed by atoms with van der Waals surface area (Å²) in [5.74, 6) is -0.671. The third-order valence-electron chi connectivity index (χ3n) is 2.92. The maximum atomic E-state index is 11.3. The van der Waals surface area contributed by atoms with Crippen molar-refractivity contribution >= 4 is 28.4 Å². The molecule has 0 unspecified atom stereocenters. The van der Waals surface area contributed by atoms with Crippen LogP contribution in [0, 0.1) is 6.92 Å². The average molecular weight is 285 g/mol. The van der Waals surface area contributed by atoms with Crippen LogP contribution in [0.4, 0.5) is 0 Å². The van der Waals surface area contributed by atoms with E-state index in [2.05, 4.69) is 4.37 Å². The first-order chi connectivity index (χ1) is 9.65. The summed E-state index contributed by atoms with van der Waals surface area (Å²) in [6, 6.07) is 12.7. The maximum absolute atomic E-state index is 11.3. The normalized spacial score (nSPS) is 10.7. The molecule has 1 N–H and O–H groups in total. The predicted octanol–water partition coefficient (Wildman–Crippen LogP) is 4.10. The molecule has 0 bridgehead atoms. The van der Waals surface area contributed by atoms with Crippen molar-refractivity contribution in [2.45, 2.75) is 6.92 Å². The molecular weight excluding hydrogens is 274 g/mol. The minimum Gasteiger partial charge on any atom is -0.478 e. The van der Waals surface area contributed by atoms with Crippen LogP contribution in [0.15, 0.2) is 42.5 Å². The van der Waals surface area contributed by atoms with Crippen LogP contribution in [0.5, 0.6) is 10.8 Å². The zero-order valence-corrected chi connectivity index (χ0v) is 11.5. The molecule has 0 saturated heterocycles. The number of carboxylic acids is 1. The van der Waals surface area contributed by atoms with Crippen molar-refractivity contribution in [1.29, 1.82) is 0 Å². The molecule has 1 aromatic heterocycles. The Balaban J connectivity index is 2.05. The highest BCUT2D eigenvalue weighted by Gasteiger charge is 2.14. The number of aromatic carboxylic acids is 1. The molecule has 0 saturated carbocycles. The van der Waals surface area contributed by atoms with E-state index in [4.69, 9.17) is 4.74 Å². The molecule has 5 heteroatoms. The largest absolute Gasteiger partial charge is 0.478 e. The van der Waals surface area contributed by atoms with Gasteiger partial charge in [-0.25, -0.2) is 4.79 Å². The number of hydrogen-bond donors (Lipinski definition) is 1. The number of aromatic nitrogens is 1. The van der Waals surface area contributed by atoms with Crippen LogP contribution in [0.3, 0.4) is 0 Å². The molecule has 100 valence electrons. The Morgan fingerprint density at radius 3 is 2.85 bits per heavy atom. The summed E-state index contributed by atoms with van der Waals surface area (Å²) in [4.78, 5) is 11.3. The highest BCUT2D eigenvalue weighted by molar-refractivity contribution is 7.09. The number of aryl methyl sites for hydroxylation is 1. The second kappa shape index (κ2) is 4.94. The molecule has 0 aliphatic heterocycles. The molecular formula is C15H11NO3S. The van der Waals surface area contributed by atoms with Gasteiger partial charge >= 0.3 is 5.97 Å². The minimum absolute atomic E-state index is 0.155. The Morgan fingerprint density at radius 2 is 2.05 bits per heavy atom. The zero-order valence-electron chi connectivity index (χ0n) is 10.7. The van der Waals surface area contributed by atoms with Crippen LogP contribution in [0.25, 0.3) is 10.9 Å². The van der Waals surface area contributed by atoms with Crippen molar-refractivity contribution in [3.63, 3.8) is 0 Å². The third kappa shape index (κ3) is 2.23. The van der Waals surface area contributed by atoms with E-state index in [0.29, 0.717) is 10.8 Å². The summed E-state index contributed by atoms with van der Waals surface area (Å²) in [5.41, 5.74) is 1.88. The minimum atomic E-state index is -1.00. The fraction of sp³-hybridized carbons (Fsp3) is 0.0667. The topological polar surface area (TPSA) is 59.4 Å². The second-order valence-electron chi connectivity index (χ2n) is 4.39. The van der Waals surface area contributed by atoms with E-state index in [0.717, 1.165) is 16.5 Å². The molecule has 0 radical (unpaired) electrons. The quantitative estimate of drug-likeness (QED) is 0.787. The number of carboxylic acid groups (broad SMARTS) is 1. The van der Waals surface area contributed by atoms with E-state index >= 15 is 0 Å². The summed E-state index contributed by atoms with van der Waals surface area (Å²) in [7, 11) is 0.